The molecule has 1 amide bonds. The van der Waals surface area contributed by atoms with Gasteiger partial charge in [0.15, 0.2) is 5.78 Å². The number of nitrogens with one attached hydrogen (secondary N) is 1. The fourth-order valence-electron chi connectivity index (χ4n) is 2.39. The Morgan fingerprint density at radius 1 is 0.783 bits per heavy atom. The van der Waals surface area contributed by atoms with Gasteiger partial charge < -0.3 is 5.32 Å². The highest BCUT2D eigenvalue weighted by Gasteiger charge is 2.08. The molecule has 134 valence electrons. The van der Waals surface area contributed by atoms with Crippen LogP contribution in [0.1, 0.15) is 85.5 Å². The first-order chi connectivity index (χ1) is 10.8. The van der Waals surface area contributed by atoms with Gasteiger partial charge in [0, 0.05) is 25.2 Å². The average Bonchev–Trinajstić information content (AvgIpc) is 2.46. The number of Topliss-reactive ketones (excluding diaryl/α,β-unsaturated/α-hetero) is 2. The molecule has 0 atom stereocenters. The molecule has 0 aliphatic carbocycles. The van der Waals surface area contributed by atoms with Crippen molar-refractivity contribution >= 4 is 17.5 Å². The minimum absolute atomic E-state index is 0.0235. The summed E-state index contributed by atoms with van der Waals surface area (Å²) in [4.78, 5) is 34.5. The van der Waals surface area contributed by atoms with Gasteiger partial charge in [0.05, 0.1) is 6.54 Å². The molecule has 1 N–H and O–H groups in total. The summed E-state index contributed by atoms with van der Waals surface area (Å²) in [5, 5.41) is 2.70. The highest BCUT2D eigenvalue weighted by atomic mass is 16.2. The van der Waals surface area contributed by atoms with Crippen molar-refractivity contribution in [2.24, 2.45) is 11.8 Å². The minimum atomic E-state index is -0.0235. The molecule has 0 aliphatic rings. The van der Waals surface area contributed by atoms with Crippen LogP contribution in [0.4, 0.5) is 0 Å². The molecule has 0 aromatic rings. The van der Waals surface area contributed by atoms with Crippen LogP contribution in [0.5, 0.6) is 0 Å². The number of amides is 1. The molecule has 0 saturated heterocycles. The van der Waals surface area contributed by atoms with E-state index in [1.165, 1.54) is 0 Å². The molecule has 0 bridgehead atoms. The number of ketones is 2. The van der Waals surface area contributed by atoms with Gasteiger partial charge in [0.1, 0.15) is 5.78 Å². The fraction of sp³-hybridized carbons (Fsp3) is 0.842. The largest absolute Gasteiger partial charge is 0.349 e. The zero-order valence-corrected chi connectivity index (χ0v) is 15.5. The van der Waals surface area contributed by atoms with Crippen molar-refractivity contribution in [1.29, 1.82) is 0 Å². The van der Waals surface area contributed by atoms with Crippen molar-refractivity contribution in [1.82, 2.24) is 5.32 Å². The third-order valence-corrected chi connectivity index (χ3v) is 3.84. The normalized spacial score (nSPS) is 11.0. The smallest absolute Gasteiger partial charge is 0.220 e. The molecule has 0 spiro atoms. The Labute approximate surface area is 141 Å². The molecule has 23 heavy (non-hydrogen) atoms. The van der Waals surface area contributed by atoms with Gasteiger partial charge in [-0.05, 0) is 18.8 Å². The number of carbonyl (C=O) groups excluding carboxylic acids is 3. The van der Waals surface area contributed by atoms with E-state index >= 15 is 0 Å². The molecule has 0 aromatic heterocycles. The van der Waals surface area contributed by atoms with Crippen LogP contribution in [-0.4, -0.2) is 24.0 Å². The minimum Gasteiger partial charge on any atom is -0.349 e. The van der Waals surface area contributed by atoms with Gasteiger partial charge >= 0.3 is 0 Å². The maximum absolute atomic E-state index is 11.6. The van der Waals surface area contributed by atoms with Gasteiger partial charge in [-0.25, -0.2) is 0 Å². The Kier molecular flexibility index (Phi) is 12.6. The first-order valence-electron chi connectivity index (χ1n) is 9.14. The molecular formula is C19H35NO3. The maximum Gasteiger partial charge on any atom is 0.220 e. The molecule has 0 rings (SSSR count). The van der Waals surface area contributed by atoms with Gasteiger partial charge in [-0.1, -0.05) is 53.4 Å². The molecule has 0 saturated carbocycles. The SMILES string of the molecule is CC(C)CC(=O)CNC(=O)CCCCCCCCC(=O)C(C)C. The molecule has 0 aromatic carbocycles. The number of unbranched alkanes of at least 4 members (excludes halogenated alkanes) is 5. The standard InChI is InChI=1S/C19H35NO3/c1-15(2)13-17(21)14-20-19(23)12-10-8-6-5-7-9-11-18(22)16(3)4/h15-16H,5-14H2,1-4H3,(H,20,23). The lowest BCUT2D eigenvalue weighted by Gasteiger charge is -2.06. The number of hydrogen-bond acceptors (Lipinski definition) is 3. The van der Waals surface area contributed by atoms with Crippen molar-refractivity contribution in [3.05, 3.63) is 0 Å². The van der Waals surface area contributed by atoms with Crippen molar-refractivity contribution in [2.45, 2.75) is 85.5 Å². The summed E-state index contributed by atoms with van der Waals surface area (Å²) in [6, 6.07) is 0. The number of hydrogen-bond donors (Lipinski definition) is 1. The summed E-state index contributed by atoms with van der Waals surface area (Å²) in [5.74, 6) is 0.929. The molecule has 0 radical (unpaired) electrons. The molecule has 4 heteroatoms. The van der Waals surface area contributed by atoms with E-state index in [0.717, 1.165) is 38.5 Å². The molecule has 0 fully saturated rings. The summed E-state index contributed by atoms with van der Waals surface area (Å²) < 4.78 is 0. The number of rotatable bonds is 14. The van der Waals surface area contributed by atoms with Gasteiger partial charge in [-0.2, -0.15) is 0 Å². The Balaban J connectivity index is 3.42. The van der Waals surface area contributed by atoms with Crippen LogP contribution < -0.4 is 5.32 Å². The fourth-order valence-corrected chi connectivity index (χ4v) is 2.39. The highest BCUT2D eigenvalue weighted by Crippen LogP contribution is 2.10. The van der Waals surface area contributed by atoms with Crippen LogP contribution in [0.15, 0.2) is 0 Å². The Morgan fingerprint density at radius 3 is 1.83 bits per heavy atom. The quantitative estimate of drug-likeness (QED) is 0.490. The third-order valence-electron chi connectivity index (χ3n) is 3.84. The zero-order valence-electron chi connectivity index (χ0n) is 15.5. The average molecular weight is 325 g/mol. The summed E-state index contributed by atoms with van der Waals surface area (Å²) >= 11 is 0. The van der Waals surface area contributed by atoms with Gasteiger partial charge in [0.25, 0.3) is 0 Å². The molecule has 0 unspecified atom stereocenters. The van der Waals surface area contributed by atoms with Crippen LogP contribution in [-0.2, 0) is 14.4 Å². The van der Waals surface area contributed by atoms with E-state index in [2.05, 4.69) is 5.32 Å². The van der Waals surface area contributed by atoms with E-state index in [4.69, 9.17) is 0 Å². The highest BCUT2D eigenvalue weighted by molar-refractivity contribution is 5.86. The summed E-state index contributed by atoms with van der Waals surface area (Å²) in [6.07, 6.45) is 7.94. The van der Waals surface area contributed by atoms with E-state index in [1.807, 2.05) is 27.7 Å². The molecule has 0 aliphatic heterocycles. The topological polar surface area (TPSA) is 63.2 Å². The maximum atomic E-state index is 11.6. The number of carbonyl (C=O) groups is 3. The van der Waals surface area contributed by atoms with Crippen LogP contribution in [0.25, 0.3) is 0 Å². The summed E-state index contributed by atoms with van der Waals surface area (Å²) in [5.41, 5.74) is 0. The molecular weight excluding hydrogens is 290 g/mol. The van der Waals surface area contributed by atoms with Crippen molar-refractivity contribution in [3.63, 3.8) is 0 Å². The lowest BCUT2D eigenvalue weighted by atomic mass is 10.0. The summed E-state index contributed by atoms with van der Waals surface area (Å²) in [7, 11) is 0. The van der Waals surface area contributed by atoms with E-state index in [-0.39, 0.29) is 24.2 Å². The zero-order chi connectivity index (χ0) is 17.7. The van der Waals surface area contributed by atoms with Crippen LogP contribution in [0.2, 0.25) is 0 Å². The monoisotopic (exact) mass is 325 g/mol. The lowest BCUT2D eigenvalue weighted by Crippen LogP contribution is -2.29. The Morgan fingerprint density at radius 2 is 1.30 bits per heavy atom. The van der Waals surface area contributed by atoms with Crippen LogP contribution in [0, 0.1) is 11.8 Å². The third kappa shape index (κ3) is 14.2. The van der Waals surface area contributed by atoms with E-state index < -0.39 is 0 Å². The molecule has 4 nitrogen and oxygen atoms in total. The second-order valence-corrected chi connectivity index (χ2v) is 7.16. The van der Waals surface area contributed by atoms with Crippen molar-refractivity contribution < 1.29 is 14.4 Å². The van der Waals surface area contributed by atoms with Crippen molar-refractivity contribution in [2.75, 3.05) is 6.54 Å². The summed E-state index contributed by atoms with van der Waals surface area (Å²) in [6.45, 7) is 8.06. The second kappa shape index (κ2) is 13.3. The van der Waals surface area contributed by atoms with Crippen LogP contribution >= 0.6 is 0 Å². The van der Waals surface area contributed by atoms with Crippen LogP contribution in [0.3, 0.4) is 0 Å². The van der Waals surface area contributed by atoms with Gasteiger partial charge in [-0.15, -0.1) is 0 Å². The first kappa shape index (κ1) is 21.8. The van der Waals surface area contributed by atoms with Gasteiger partial charge in [0.2, 0.25) is 5.91 Å². The van der Waals surface area contributed by atoms with Crippen molar-refractivity contribution in [3.8, 4) is 0 Å². The second-order valence-electron chi connectivity index (χ2n) is 7.16. The van der Waals surface area contributed by atoms with E-state index in [9.17, 15) is 14.4 Å². The Bertz CT molecular complexity index is 362. The first-order valence-corrected chi connectivity index (χ1v) is 9.14. The predicted molar refractivity (Wildman–Crippen MR) is 94.3 cm³/mol. The predicted octanol–water partition coefficient (Wildman–Crippen LogP) is 4.06. The lowest BCUT2D eigenvalue weighted by molar-refractivity contribution is -0.125. The Hall–Kier alpha value is -1.19. The molecule has 0 heterocycles. The van der Waals surface area contributed by atoms with Gasteiger partial charge in [-0.3, -0.25) is 14.4 Å². The van der Waals surface area contributed by atoms with E-state index in [1.54, 1.807) is 0 Å². The van der Waals surface area contributed by atoms with E-state index in [0.29, 0.717) is 31.0 Å².